The molecule has 3 atom stereocenters. The molecule has 0 amide bonds. The predicted octanol–water partition coefficient (Wildman–Crippen LogP) is 5.00. The van der Waals surface area contributed by atoms with Gasteiger partial charge in [0.2, 0.25) is 0 Å². The van der Waals surface area contributed by atoms with Gasteiger partial charge in [0.25, 0.3) is 0 Å². The summed E-state index contributed by atoms with van der Waals surface area (Å²) in [6.45, 7) is 19.3. The summed E-state index contributed by atoms with van der Waals surface area (Å²) in [5.74, 6) is -0.224. The zero-order valence-electron chi connectivity index (χ0n) is 19.7. The van der Waals surface area contributed by atoms with Crippen LogP contribution >= 0.6 is 0 Å². The molecule has 0 heterocycles. The van der Waals surface area contributed by atoms with Gasteiger partial charge in [0.15, 0.2) is 0 Å². The molecule has 166 valence electrons. The molecular weight excluding hydrogens is 388 g/mol. The maximum Gasteiger partial charge on any atom is 0.305 e. The van der Waals surface area contributed by atoms with Crippen LogP contribution in [0.15, 0.2) is 0 Å². The Kier molecular flexibility index (Phi) is 12.0. The number of carbonyl (C=O) groups excluding carboxylic acids is 2. The minimum absolute atomic E-state index is 0.0219. The summed E-state index contributed by atoms with van der Waals surface area (Å²) in [4.78, 5) is 23.0. The van der Waals surface area contributed by atoms with E-state index in [1.165, 1.54) is 7.11 Å². The van der Waals surface area contributed by atoms with E-state index in [1.54, 1.807) is 0 Å². The lowest BCUT2D eigenvalue weighted by Crippen LogP contribution is -2.49. The molecule has 0 bridgehead atoms. The monoisotopic (exact) mass is 432 g/mol. The summed E-state index contributed by atoms with van der Waals surface area (Å²) in [6, 6.07) is 2.10. The van der Waals surface area contributed by atoms with Crippen LogP contribution in [0.4, 0.5) is 0 Å². The molecule has 0 saturated carbocycles. The Bertz CT molecular complexity index is 470. The van der Waals surface area contributed by atoms with E-state index in [-0.39, 0.29) is 24.4 Å². The predicted molar refractivity (Wildman–Crippen MR) is 121 cm³/mol. The van der Waals surface area contributed by atoms with E-state index in [2.05, 4.69) is 39.3 Å². The molecule has 0 radical (unpaired) electrons. The van der Waals surface area contributed by atoms with E-state index >= 15 is 0 Å². The lowest BCUT2D eigenvalue weighted by molar-refractivity contribution is -0.162. The number of carbonyl (C=O) groups is 2. The SMILES string of the molecule is COC(=O)CC[C@@](C)(OCC[Si](C)(C)C)[C@@H](OCC[Si](C)(C)C)[C@@H](C)CC=O. The third-order valence-electron chi connectivity index (χ3n) is 5.07. The van der Waals surface area contributed by atoms with Crippen molar-refractivity contribution in [2.45, 2.75) is 96.2 Å². The molecule has 0 aliphatic rings. The van der Waals surface area contributed by atoms with Crippen LogP contribution in [-0.4, -0.2) is 60.4 Å². The molecule has 5 nitrogen and oxygen atoms in total. The van der Waals surface area contributed by atoms with Gasteiger partial charge in [0.1, 0.15) is 6.29 Å². The first kappa shape index (κ1) is 27.5. The Hall–Kier alpha value is -0.506. The van der Waals surface area contributed by atoms with Crippen LogP contribution in [-0.2, 0) is 23.8 Å². The van der Waals surface area contributed by atoms with Gasteiger partial charge >= 0.3 is 5.97 Å². The molecule has 28 heavy (non-hydrogen) atoms. The van der Waals surface area contributed by atoms with Crippen molar-refractivity contribution in [3.05, 3.63) is 0 Å². The number of ether oxygens (including phenoxy) is 3. The summed E-state index contributed by atoms with van der Waals surface area (Å²) in [5.41, 5.74) is -0.629. The molecule has 0 aliphatic heterocycles. The fourth-order valence-electron chi connectivity index (χ4n) is 3.05. The van der Waals surface area contributed by atoms with Crippen LogP contribution in [0.2, 0.25) is 51.4 Å². The van der Waals surface area contributed by atoms with Crippen LogP contribution in [0.1, 0.15) is 33.1 Å². The number of methoxy groups -OCH3 is 1. The van der Waals surface area contributed by atoms with Gasteiger partial charge in [-0.25, -0.2) is 0 Å². The molecular formula is C21H44O5Si2. The smallest absolute Gasteiger partial charge is 0.305 e. The van der Waals surface area contributed by atoms with Gasteiger partial charge in [-0.1, -0.05) is 46.2 Å². The minimum Gasteiger partial charge on any atom is -0.469 e. The fraction of sp³-hybridized carbons (Fsp3) is 0.905. The van der Waals surface area contributed by atoms with Crippen LogP contribution in [0.5, 0.6) is 0 Å². The normalized spacial score (nSPS) is 16.9. The number of aldehydes is 1. The molecule has 0 aliphatic carbocycles. The number of hydrogen-bond acceptors (Lipinski definition) is 5. The zero-order chi connectivity index (χ0) is 22.0. The van der Waals surface area contributed by atoms with Crippen molar-refractivity contribution in [3.8, 4) is 0 Å². The first-order valence-electron chi connectivity index (χ1n) is 10.5. The van der Waals surface area contributed by atoms with Gasteiger partial charge in [-0.15, -0.1) is 0 Å². The maximum absolute atomic E-state index is 11.8. The highest BCUT2D eigenvalue weighted by Crippen LogP contribution is 2.32. The Morgan fingerprint density at radius 3 is 2.04 bits per heavy atom. The number of hydrogen-bond donors (Lipinski definition) is 0. The Labute approximate surface area is 174 Å². The van der Waals surface area contributed by atoms with Crippen molar-refractivity contribution in [3.63, 3.8) is 0 Å². The molecule has 0 rings (SSSR count). The molecule has 0 aromatic rings. The Balaban J connectivity index is 5.43. The summed E-state index contributed by atoms with van der Waals surface area (Å²) < 4.78 is 17.6. The Morgan fingerprint density at radius 2 is 1.57 bits per heavy atom. The number of esters is 1. The second kappa shape index (κ2) is 12.2. The lowest BCUT2D eigenvalue weighted by atomic mass is 9.84. The maximum atomic E-state index is 11.8. The lowest BCUT2D eigenvalue weighted by Gasteiger charge is -2.41. The van der Waals surface area contributed by atoms with E-state index in [9.17, 15) is 9.59 Å². The third kappa shape index (κ3) is 12.1. The van der Waals surface area contributed by atoms with Crippen LogP contribution < -0.4 is 0 Å². The molecule has 0 N–H and O–H groups in total. The quantitative estimate of drug-likeness (QED) is 0.207. The van der Waals surface area contributed by atoms with E-state index in [1.807, 2.05) is 13.8 Å². The molecule has 0 saturated heterocycles. The second-order valence-corrected chi connectivity index (χ2v) is 21.8. The molecule has 0 spiro atoms. The average molecular weight is 433 g/mol. The van der Waals surface area contributed by atoms with Crippen molar-refractivity contribution < 1.29 is 23.8 Å². The van der Waals surface area contributed by atoms with E-state index < -0.39 is 21.7 Å². The van der Waals surface area contributed by atoms with Crippen LogP contribution in [0, 0.1) is 5.92 Å². The second-order valence-electron chi connectivity index (χ2n) is 10.5. The van der Waals surface area contributed by atoms with Gasteiger partial charge in [-0.2, -0.15) is 0 Å². The highest BCUT2D eigenvalue weighted by molar-refractivity contribution is 6.76. The van der Waals surface area contributed by atoms with Crippen molar-refractivity contribution in [2.75, 3.05) is 20.3 Å². The summed E-state index contributed by atoms with van der Waals surface area (Å²) >= 11 is 0. The van der Waals surface area contributed by atoms with E-state index in [4.69, 9.17) is 14.2 Å². The summed E-state index contributed by atoms with van der Waals surface area (Å²) in [6.07, 6.45) is 1.93. The van der Waals surface area contributed by atoms with Crippen LogP contribution in [0.3, 0.4) is 0 Å². The molecule has 7 heteroatoms. The van der Waals surface area contributed by atoms with Gasteiger partial charge in [0, 0.05) is 42.2 Å². The van der Waals surface area contributed by atoms with Gasteiger partial charge in [-0.3, -0.25) is 4.79 Å². The largest absolute Gasteiger partial charge is 0.469 e. The zero-order valence-corrected chi connectivity index (χ0v) is 21.7. The van der Waals surface area contributed by atoms with Crippen molar-refractivity contribution in [2.24, 2.45) is 5.92 Å². The molecule has 0 unspecified atom stereocenters. The van der Waals surface area contributed by atoms with Gasteiger partial charge in [-0.05, 0) is 31.4 Å². The summed E-state index contributed by atoms with van der Waals surface area (Å²) in [7, 11) is -1.07. The van der Waals surface area contributed by atoms with Gasteiger partial charge < -0.3 is 19.0 Å². The first-order chi connectivity index (χ1) is 12.7. The topological polar surface area (TPSA) is 61.8 Å². The van der Waals surface area contributed by atoms with Crippen molar-refractivity contribution in [1.29, 1.82) is 0 Å². The van der Waals surface area contributed by atoms with E-state index in [0.717, 1.165) is 18.4 Å². The van der Waals surface area contributed by atoms with E-state index in [0.29, 0.717) is 26.1 Å². The van der Waals surface area contributed by atoms with Crippen molar-refractivity contribution in [1.82, 2.24) is 0 Å². The molecule has 0 aromatic carbocycles. The van der Waals surface area contributed by atoms with Crippen LogP contribution in [0.25, 0.3) is 0 Å². The average Bonchev–Trinajstić information content (AvgIpc) is 2.54. The molecule has 0 fully saturated rings. The fourth-order valence-corrected chi connectivity index (χ4v) is 4.49. The highest BCUT2D eigenvalue weighted by atomic mass is 28.3. The van der Waals surface area contributed by atoms with Crippen molar-refractivity contribution >= 4 is 28.4 Å². The standard InChI is InChI=1S/C21H44O5Si2/c1-18(11-13-22)20(25-14-16-27(4,5)6)21(2,12-10-19(23)24-3)26-15-17-28(7,8)9/h13,18,20H,10-12,14-17H2,1-9H3/t18-,20-,21+/m0/s1. The first-order valence-corrected chi connectivity index (χ1v) is 17.9. The summed E-state index contributed by atoms with van der Waals surface area (Å²) in [5, 5.41) is 0. The third-order valence-corrected chi connectivity index (χ3v) is 8.48. The molecule has 0 aromatic heterocycles. The number of rotatable bonds is 15. The van der Waals surface area contributed by atoms with Gasteiger partial charge in [0.05, 0.1) is 18.8 Å². The highest BCUT2D eigenvalue weighted by Gasteiger charge is 2.40. The minimum atomic E-state index is -1.24. The Morgan fingerprint density at radius 1 is 1.04 bits per heavy atom.